The number of amides is 1. The van der Waals surface area contributed by atoms with Crippen LogP contribution in [0.4, 0.5) is 0 Å². The summed E-state index contributed by atoms with van der Waals surface area (Å²) >= 11 is 0. The van der Waals surface area contributed by atoms with E-state index in [-0.39, 0.29) is 17.7 Å². The van der Waals surface area contributed by atoms with Crippen LogP contribution in [0.1, 0.15) is 49.1 Å². The third-order valence-electron chi connectivity index (χ3n) is 6.07. The summed E-state index contributed by atoms with van der Waals surface area (Å²) in [5.74, 6) is 0.634. The lowest BCUT2D eigenvalue weighted by atomic mass is 9.67. The molecule has 1 N–H and O–H groups in total. The van der Waals surface area contributed by atoms with Crippen molar-refractivity contribution in [2.24, 2.45) is 5.41 Å². The number of hydrogen-bond acceptors (Lipinski definition) is 6. The molecular weight excluding hydrogens is 370 g/mol. The average molecular weight is 400 g/mol. The fourth-order valence-electron chi connectivity index (χ4n) is 4.51. The van der Waals surface area contributed by atoms with Crippen LogP contribution in [0.3, 0.4) is 0 Å². The Hall–Kier alpha value is -1.45. The molecule has 27 heavy (non-hydrogen) atoms. The fourth-order valence-corrected chi connectivity index (χ4v) is 6.41. The average Bonchev–Trinajstić information content (AvgIpc) is 2.96. The molecule has 2 aliphatic rings. The largest absolute Gasteiger partial charge is 0.383 e. The highest BCUT2D eigenvalue weighted by Crippen LogP contribution is 2.46. The van der Waals surface area contributed by atoms with Gasteiger partial charge < -0.3 is 14.6 Å². The first-order valence-corrected chi connectivity index (χ1v) is 11.1. The Morgan fingerprint density at radius 1 is 1.37 bits per heavy atom. The van der Waals surface area contributed by atoms with Gasteiger partial charge in [0.2, 0.25) is 15.9 Å². The predicted molar refractivity (Wildman–Crippen MR) is 99.5 cm³/mol. The van der Waals surface area contributed by atoms with Crippen molar-refractivity contribution in [2.75, 3.05) is 26.0 Å². The van der Waals surface area contributed by atoms with Gasteiger partial charge in [-0.25, -0.2) is 8.42 Å². The quantitative estimate of drug-likeness (QED) is 0.778. The van der Waals surface area contributed by atoms with E-state index in [1.54, 1.807) is 7.11 Å². The highest BCUT2D eigenvalue weighted by molar-refractivity contribution is 7.89. The molecule has 3 rings (SSSR count). The van der Waals surface area contributed by atoms with E-state index in [2.05, 4.69) is 10.5 Å². The Kier molecular flexibility index (Phi) is 5.93. The minimum atomic E-state index is -3.36. The molecule has 152 valence electrons. The van der Waals surface area contributed by atoms with Crippen molar-refractivity contribution >= 4 is 15.9 Å². The van der Waals surface area contributed by atoms with Crippen molar-refractivity contribution < 1.29 is 22.5 Å². The summed E-state index contributed by atoms with van der Waals surface area (Å²) in [7, 11) is -1.80. The highest BCUT2D eigenvalue weighted by atomic mass is 32.2. The van der Waals surface area contributed by atoms with Crippen LogP contribution in [-0.2, 0) is 26.1 Å². The van der Waals surface area contributed by atoms with E-state index in [0.717, 1.165) is 24.1 Å². The van der Waals surface area contributed by atoms with Crippen molar-refractivity contribution in [2.45, 2.75) is 58.5 Å². The van der Waals surface area contributed by atoms with Gasteiger partial charge in [-0.3, -0.25) is 4.79 Å². The number of nitrogens with one attached hydrogen (secondary N) is 1. The summed E-state index contributed by atoms with van der Waals surface area (Å²) in [5.41, 5.74) is 0.973. The molecule has 1 saturated heterocycles. The Balaban J connectivity index is 1.83. The Morgan fingerprint density at radius 2 is 2.15 bits per heavy atom. The van der Waals surface area contributed by atoms with E-state index in [1.165, 1.54) is 4.31 Å². The molecule has 1 aromatic rings. The zero-order chi connectivity index (χ0) is 19.7. The summed E-state index contributed by atoms with van der Waals surface area (Å²) in [6, 6.07) is -0.301. The highest BCUT2D eigenvalue weighted by Gasteiger charge is 2.55. The summed E-state index contributed by atoms with van der Waals surface area (Å²) in [4.78, 5) is 13.3. The van der Waals surface area contributed by atoms with Gasteiger partial charge in [-0.1, -0.05) is 18.0 Å². The summed E-state index contributed by atoms with van der Waals surface area (Å²) < 4.78 is 37.1. The van der Waals surface area contributed by atoms with Gasteiger partial charge in [0.05, 0.1) is 23.5 Å². The van der Waals surface area contributed by atoms with E-state index in [9.17, 15) is 13.2 Å². The van der Waals surface area contributed by atoms with Crippen LogP contribution in [0.15, 0.2) is 4.52 Å². The molecule has 2 atom stereocenters. The lowest BCUT2D eigenvalue weighted by Crippen LogP contribution is -2.63. The predicted octanol–water partition coefficient (Wildman–Crippen LogP) is 1.52. The second-order valence-electron chi connectivity index (χ2n) is 7.57. The Bertz CT molecular complexity index is 771. The molecule has 2 heterocycles. The maximum Gasteiger partial charge on any atom is 0.228 e. The number of carbonyl (C=O) groups is 1. The van der Waals surface area contributed by atoms with Crippen molar-refractivity contribution in [1.29, 1.82) is 0 Å². The van der Waals surface area contributed by atoms with Gasteiger partial charge >= 0.3 is 0 Å². The normalized spacial score (nSPS) is 27.9. The lowest BCUT2D eigenvalue weighted by molar-refractivity contribution is -0.137. The third-order valence-corrected chi connectivity index (χ3v) is 7.95. The first-order valence-electron chi connectivity index (χ1n) is 9.50. The fraction of sp³-hybridized carbons (Fsp3) is 0.778. The van der Waals surface area contributed by atoms with Gasteiger partial charge in [0.15, 0.2) is 0 Å². The topological polar surface area (TPSA) is 102 Å². The summed E-state index contributed by atoms with van der Waals surface area (Å²) in [6.07, 6.45) is 3.67. The number of ether oxygens (including phenoxy) is 1. The van der Waals surface area contributed by atoms with Gasteiger partial charge in [0.25, 0.3) is 0 Å². The Labute approximate surface area is 160 Å². The molecule has 8 nitrogen and oxygen atoms in total. The number of nitrogens with zero attached hydrogens (tertiary/aromatic N) is 2. The van der Waals surface area contributed by atoms with Crippen molar-refractivity contribution in [3.05, 3.63) is 17.0 Å². The molecule has 0 unspecified atom stereocenters. The van der Waals surface area contributed by atoms with E-state index in [4.69, 9.17) is 9.26 Å². The second-order valence-corrected chi connectivity index (χ2v) is 9.61. The van der Waals surface area contributed by atoms with Crippen molar-refractivity contribution in [1.82, 2.24) is 14.8 Å². The molecular formula is C18H29N3O5S. The second kappa shape index (κ2) is 7.89. The molecule has 1 aliphatic carbocycles. The molecule has 0 radical (unpaired) electrons. The van der Waals surface area contributed by atoms with Crippen LogP contribution in [0.5, 0.6) is 0 Å². The van der Waals surface area contributed by atoms with Gasteiger partial charge in [-0.2, -0.15) is 4.31 Å². The van der Waals surface area contributed by atoms with E-state index < -0.39 is 15.4 Å². The minimum absolute atomic E-state index is 0.00591. The van der Waals surface area contributed by atoms with Crippen LogP contribution in [-0.4, -0.2) is 55.8 Å². The summed E-state index contributed by atoms with van der Waals surface area (Å²) in [5, 5.41) is 6.96. The van der Waals surface area contributed by atoms with Crippen LogP contribution >= 0.6 is 0 Å². The first kappa shape index (κ1) is 20.3. The van der Waals surface area contributed by atoms with E-state index in [0.29, 0.717) is 44.7 Å². The molecule has 1 saturated carbocycles. The molecule has 0 bridgehead atoms. The van der Waals surface area contributed by atoms with Crippen molar-refractivity contribution in [3.8, 4) is 0 Å². The number of methoxy groups -OCH3 is 1. The van der Waals surface area contributed by atoms with E-state index >= 15 is 0 Å². The molecule has 9 heteroatoms. The van der Waals surface area contributed by atoms with E-state index in [1.807, 2.05) is 13.8 Å². The van der Waals surface area contributed by atoms with Gasteiger partial charge in [0.1, 0.15) is 5.76 Å². The molecule has 1 aromatic heterocycles. The zero-order valence-corrected chi connectivity index (χ0v) is 17.1. The van der Waals surface area contributed by atoms with Crippen LogP contribution in [0.2, 0.25) is 0 Å². The number of carbonyl (C=O) groups excluding carboxylic acids is 1. The molecule has 0 spiro atoms. The van der Waals surface area contributed by atoms with Crippen LogP contribution < -0.4 is 5.32 Å². The van der Waals surface area contributed by atoms with Crippen molar-refractivity contribution in [3.63, 3.8) is 0 Å². The minimum Gasteiger partial charge on any atom is -0.383 e. The number of hydrogen-bond donors (Lipinski definition) is 1. The van der Waals surface area contributed by atoms with Gasteiger partial charge in [-0.15, -0.1) is 0 Å². The maximum absolute atomic E-state index is 13.3. The molecule has 2 fully saturated rings. The number of aromatic nitrogens is 1. The third kappa shape index (κ3) is 3.77. The van der Waals surface area contributed by atoms with Crippen LogP contribution in [0, 0.1) is 19.3 Å². The zero-order valence-electron chi connectivity index (χ0n) is 16.3. The van der Waals surface area contributed by atoms with Gasteiger partial charge in [-0.05, 0) is 33.1 Å². The lowest BCUT2D eigenvalue weighted by Gasteiger charge is -2.50. The summed E-state index contributed by atoms with van der Waals surface area (Å²) in [6.45, 7) is 4.64. The number of aryl methyl sites for hydroxylation is 2. The molecule has 1 amide bonds. The van der Waals surface area contributed by atoms with Crippen LogP contribution in [0.25, 0.3) is 0 Å². The smallest absolute Gasteiger partial charge is 0.228 e. The number of rotatable bonds is 6. The maximum atomic E-state index is 13.3. The number of sulfonamides is 1. The monoisotopic (exact) mass is 399 g/mol. The van der Waals surface area contributed by atoms with Gasteiger partial charge in [0, 0.05) is 31.8 Å². The molecule has 0 aromatic carbocycles. The first-order chi connectivity index (χ1) is 12.8. The molecule has 1 aliphatic heterocycles. The SMILES string of the molecule is COCCN1[C@@H]2CCCC[C@@]2(C(=O)NCc2c(C)noc2C)CCS1(=O)=O. The number of fused-ring (bicyclic) bond motifs is 1. The standard InChI is InChI=1S/C18H29N3O5S/c1-13-15(14(2)26-20-13)12-19-17(22)18-7-5-4-6-16(18)21(9-10-25-3)27(23,24)11-8-18/h16H,4-12H2,1-3H3,(H,19,22)/t16-,18-/m1/s1. The Morgan fingerprint density at radius 3 is 2.81 bits per heavy atom.